The molecule has 3 aromatic rings. The van der Waals surface area contributed by atoms with Crippen molar-refractivity contribution in [1.29, 1.82) is 0 Å². The van der Waals surface area contributed by atoms with Gasteiger partial charge in [0.15, 0.2) is 5.82 Å². The van der Waals surface area contributed by atoms with E-state index >= 15 is 0 Å². The van der Waals surface area contributed by atoms with Crippen LogP contribution in [-0.2, 0) is 0 Å². The molecule has 6 nitrogen and oxygen atoms in total. The number of hydrogen-bond donors (Lipinski definition) is 0. The summed E-state index contributed by atoms with van der Waals surface area (Å²) in [6, 6.07) is 4.17. The molecular formula is C11H5Cl2FN6. The Morgan fingerprint density at radius 1 is 1.10 bits per heavy atom. The molecule has 2 heterocycles. The maximum absolute atomic E-state index is 13.9. The van der Waals surface area contributed by atoms with Crippen molar-refractivity contribution >= 4 is 23.2 Å². The van der Waals surface area contributed by atoms with Gasteiger partial charge in [0, 0.05) is 5.02 Å². The van der Waals surface area contributed by atoms with Gasteiger partial charge in [0.25, 0.3) is 5.95 Å². The van der Waals surface area contributed by atoms with Crippen molar-refractivity contribution in [3.8, 4) is 17.3 Å². The van der Waals surface area contributed by atoms with E-state index in [0.29, 0.717) is 0 Å². The van der Waals surface area contributed by atoms with Crippen LogP contribution >= 0.6 is 23.2 Å². The van der Waals surface area contributed by atoms with Crippen LogP contribution in [0.25, 0.3) is 17.3 Å². The lowest BCUT2D eigenvalue weighted by molar-refractivity contribution is 0.629. The van der Waals surface area contributed by atoms with Crippen LogP contribution in [0.3, 0.4) is 0 Å². The molecule has 1 aromatic carbocycles. The molecule has 2 aromatic heterocycles. The molecule has 0 atom stereocenters. The molecule has 0 spiro atoms. The lowest BCUT2D eigenvalue weighted by Crippen LogP contribution is -2.05. The predicted molar refractivity (Wildman–Crippen MR) is 70.2 cm³/mol. The summed E-state index contributed by atoms with van der Waals surface area (Å²) in [5.74, 6) is -0.319. The molecule has 0 aliphatic rings. The minimum atomic E-state index is -0.552. The van der Waals surface area contributed by atoms with Gasteiger partial charge in [-0.15, -0.1) is 0 Å². The van der Waals surface area contributed by atoms with E-state index in [0.717, 1.165) is 0 Å². The first-order valence-electron chi connectivity index (χ1n) is 5.35. The molecule has 100 valence electrons. The van der Waals surface area contributed by atoms with Gasteiger partial charge in [-0.05, 0) is 29.8 Å². The Morgan fingerprint density at radius 3 is 2.65 bits per heavy atom. The average Bonchev–Trinajstić information content (AvgIpc) is 2.91. The Bertz CT molecular complexity index is 762. The number of aromatic nitrogens is 6. The Balaban J connectivity index is 2.14. The molecular weight excluding hydrogens is 306 g/mol. The predicted octanol–water partition coefficient (Wildman–Crippen LogP) is 2.57. The zero-order chi connectivity index (χ0) is 14.1. The highest BCUT2D eigenvalue weighted by atomic mass is 35.5. The summed E-state index contributed by atoms with van der Waals surface area (Å²) >= 11 is 11.5. The van der Waals surface area contributed by atoms with Crippen molar-refractivity contribution in [2.45, 2.75) is 0 Å². The largest absolute Gasteiger partial charge is 0.256 e. The molecule has 0 unspecified atom stereocenters. The first kappa shape index (κ1) is 12.9. The summed E-state index contributed by atoms with van der Waals surface area (Å²) < 4.78 is 15.2. The van der Waals surface area contributed by atoms with Crippen LogP contribution in [0.4, 0.5) is 4.39 Å². The Hall–Kier alpha value is -2.12. The monoisotopic (exact) mass is 310 g/mol. The topological polar surface area (TPSA) is 69.4 Å². The fourth-order valence-electron chi connectivity index (χ4n) is 1.54. The van der Waals surface area contributed by atoms with Crippen LogP contribution < -0.4 is 0 Å². The summed E-state index contributed by atoms with van der Waals surface area (Å²) in [5.41, 5.74) is 0.167. The highest BCUT2D eigenvalue weighted by Gasteiger charge is 2.13. The number of rotatable bonds is 2. The van der Waals surface area contributed by atoms with Gasteiger partial charge >= 0.3 is 0 Å². The van der Waals surface area contributed by atoms with Crippen molar-refractivity contribution in [3.05, 3.63) is 47.0 Å². The number of hydrogen-bond acceptors (Lipinski definition) is 5. The number of nitrogens with zero attached hydrogens (tertiary/aromatic N) is 6. The van der Waals surface area contributed by atoms with Crippen LogP contribution in [0.15, 0.2) is 30.9 Å². The van der Waals surface area contributed by atoms with Crippen LogP contribution in [0.2, 0.25) is 10.3 Å². The fourth-order valence-corrected chi connectivity index (χ4v) is 1.86. The zero-order valence-corrected chi connectivity index (χ0v) is 11.2. The van der Waals surface area contributed by atoms with Crippen LogP contribution in [0, 0.1) is 5.82 Å². The first-order valence-corrected chi connectivity index (χ1v) is 6.11. The molecule has 0 aliphatic carbocycles. The van der Waals surface area contributed by atoms with Crippen molar-refractivity contribution in [2.75, 3.05) is 0 Å². The van der Waals surface area contributed by atoms with Gasteiger partial charge in [0.2, 0.25) is 5.28 Å². The Kier molecular flexibility index (Phi) is 3.29. The lowest BCUT2D eigenvalue weighted by Gasteiger charge is -2.05. The van der Waals surface area contributed by atoms with E-state index in [9.17, 15) is 4.39 Å². The summed E-state index contributed by atoms with van der Waals surface area (Å²) in [6.07, 6.45) is 2.72. The van der Waals surface area contributed by atoms with Crippen molar-refractivity contribution in [1.82, 2.24) is 29.7 Å². The van der Waals surface area contributed by atoms with Gasteiger partial charge in [-0.1, -0.05) is 11.6 Å². The van der Waals surface area contributed by atoms with Gasteiger partial charge in [-0.2, -0.15) is 24.7 Å². The summed E-state index contributed by atoms with van der Waals surface area (Å²) in [7, 11) is 0. The smallest absolute Gasteiger partial charge is 0.223 e. The van der Waals surface area contributed by atoms with Gasteiger partial charge < -0.3 is 0 Å². The normalized spacial score (nSPS) is 10.8. The minimum Gasteiger partial charge on any atom is -0.223 e. The molecule has 0 radical (unpaired) electrons. The summed E-state index contributed by atoms with van der Waals surface area (Å²) in [5, 5.41) is 4.08. The highest BCUT2D eigenvalue weighted by molar-refractivity contribution is 6.30. The maximum atomic E-state index is 13.9. The minimum absolute atomic E-state index is 0.0742. The van der Waals surface area contributed by atoms with Gasteiger partial charge in [-0.25, -0.2) is 9.37 Å². The fraction of sp³-hybridized carbons (Fsp3) is 0. The number of halogens is 3. The molecule has 20 heavy (non-hydrogen) atoms. The summed E-state index contributed by atoms with van der Waals surface area (Å²) in [6.45, 7) is 0. The molecule has 0 N–H and O–H groups in total. The van der Waals surface area contributed by atoms with Gasteiger partial charge in [-0.3, -0.25) is 0 Å². The van der Waals surface area contributed by atoms with Crippen LogP contribution in [-0.4, -0.2) is 29.7 Å². The van der Waals surface area contributed by atoms with Crippen molar-refractivity contribution in [3.63, 3.8) is 0 Å². The third-order valence-corrected chi connectivity index (χ3v) is 2.80. The van der Waals surface area contributed by atoms with E-state index in [2.05, 4.69) is 25.0 Å². The molecule has 3 rings (SSSR count). The first-order chi connectivity index (χ1) is 9.63. The van der Waals surface area contributed by atoms with E-state index in [1.165, 1.54) is 35.5 Å². The van der Waals surface area contributed by atoms with Crippen LogP contribution in [0.1, 0.15) is 0 Å². The molecule has 0 saturated heterocycles. The molecule has 0 saturated carbocycles. The van der Waals surface area contributed by atoms with Crippen molar-refractivity contribution < 1.29 is 4.39 Å². The molecule has 9 heteroatoms. The summed E-state index contributed by atoms with van der Waals surface area (Å²) in [4.78, 5) is 15.7. The SMILES string of the molecule is Fc1cc(Cl)ccc1-c1nc(Cl)nc(-n2cncn2)n1. The molecule has 0 bridgehead atoms. The second kappa shape index (κ2) is 5.10. The van der Waals surface area contributed by atoms with E-state index in [1.54, 1.807) is 0 Å². The molecule has 0 fully saturated rings. The quantitative estimate of drug-likeness (QED) is 0.727. The third-order valence-electron chi connectivity index (χ3n) is 2.39. The van der Waals surface area contributed by atoms with E-state index < -0.39 is 5.82 Å². The average molecular weight is 311 g/mol. The van der Waals surface area contributed by atoms with E-state index in [4.69, 9.17) is 23.2 Å². The Labute approximate surface area is 122 Å². The van der Waals surface area contributed by atoms with E-state index in [-0.39, 0.29) is 27.6 Å². The molecule has 0 amide bonds. The third kappa shape index (κ3) is 2.45. The lowest BCUT2D eigenvalue weighted by atomic mass is 10.2. The standard InChI is InChI=1S/C11H5Cl2FN6/c12-6-1-2-7(8(14)3-6)9-17-10(13)19-11(18-9)20-5-15-4-16-20/h1-5H. The van der Waals surface area contributed by atoms with Gasteiger partial charge in [0.1, 0.15) is 18.5 Å². The maximum Gasteiger partial charge on any atom is 0.256 e. The van der Waals surface area contributed by atoms with E-state index in [1.807, 2.05) is 0 Å². The zero-order valence-electron chi connectivity index (χ0n) is 9.70. The second-order valence-electron chi connectivity index (χ2n) is 3.69. The van der Waals surface area contributed by atoms with Crippen molar-refractivity contribution in [2.24, 2.45) is 0 Å². The second-order valence-corrected chi connectivity index (χ2v) is 4.47. The molecule has 0 aliphatic heterocycles. The Morgan fingerprint density at radius 2 is 1.95 bits per heavy atom. The highest BCUT2D eigenvalue weighted by Crippen LogP contribution is 2.23. The van der Waals surface area contributed by atoms with Crippen LogP contribution in [0.5, 0.6) is 0 Å². The van der Waals surface area contributed by atoms with Gasteiger partial charge in [0.05, 0.1) is 5.56 Å². The number of benzene rings is 1.